The van der Waals surface area contributed by atoms with Crippen LogP contribution in [0.5, 0.6) is 17.2 Å². The first-order valence-corrected chi connectivity index (χ1v) is 9.49. The summed E-state index contributed by atoms with van der Waals surface area (Å²) in [6, 6.07) is 3.64. The number of hydrogen-bond donors (Lipinski definition) is 1. The van der Waals surface area contributed by atoms with Gasteiger partial charge >= 0.3 is 5.97 Å². The average molecular weight is 393 g/mol. The van der Waals surface area contributed by atoms with Crippen LogP contribution < -0.4 is 19.5 Å². The second-order valence-corrected chi connectivity index (χ2v) is 6.45. The molecule has 1 saturated heterocycles. The molecule has 0 saturated carbocycles. The summed E-state index contributed by atoms with van der Waals surface area (Å²) in [7, 11) is 6.56. The molecule has 2 rings (SSSR count). The molecule has 1 unspecified atom stereocenters. The lowest BCUT2D eigenvalue weighted by atomic mass is 9.98. The first-order chi connectivity index (χ1) is 13.6. The molecule has 0 amide bonds. The first-order valence-electron chi connectivity index (χ1n) is 9.49. The summed E-state index contributed by atoms with van der Waals surface area (Å²) < 4.78 is 21.5. The number of piperidine rings is 1. The maximum atomic E-state index is 12.1. The first kappa shape index (κ1) is 21.7. The molecule has 1 aliphatic heterocycles. The second kappa shape index (κ2) is 10.6. The van der Waals surface area contributed by atoms with Crippen molar-refractivity contribution in [2.45, 2.75) is 26.3 Å². The predicted molar refractivity (Wildman–Crippen MR) is 107 cm³/mol. The van der Waals surface area contributed by atoms with Gasteiger partial charge in [-0.15, -0.1) is 0 Å². The van der Waals surface area contributed by atoms with Crippen molar-refractivity contribution in [2.75, 3.05) is 48.1 Å². The van der Waals surface area contributed by atoms with E-state index in [9.17, 15) is 4.79 Å². The zero-order valence-corrected chi connectivity index (χ0v) is 17.4. The van der Waals surface area contributed by atoms with Crippen LogP contribution in [0.3, 0.4) is 0 Å². The third kappa shape index (κ3) is 5.21. The number of aliphatic imine (C=N–C) groups is 1. The van der Waals surface area contributed by atoms with Crippen molar-refractivity contribution < 1.29 is 23.7 Å². The minimum Gasteiger partial charge on any atom is -0.496 e. The van der Waals surface area contributed by atoms with Gasteiger partial charge < -0.3 is 29.2 Å². The number of esters is 1. The number of guanidine groups is 1. The smallest absolute Gasteiger partial charge is 0.310 e. The van der Waals surface area contributed by atoms with Crippen molar-refractivity contribution in [2.24, 2.45) is 10.9 Å². The highest BCUT2D eigenvalue weighted by Gasteiger charge is 2.28. The van der Waals surface area contributed by atoms with E-state index in [-0.39, 0.29) is 11.9 Å². The van der Waals surface area contributed by atoms with Crippen molar-refractivity contribution in [3.8, 4) is 17.2 Å². The molecule has 1 N–H and O–H groups in total. The molecule has 8 heteroatoms. The van der Waals surface area contributed by atoms with Gasteiger partial charge in [-0.25, -0.2) is 0 Å². The molecular weight excluding hydrogens is 362 g/mol. The quantitative estimate of drug-likeness (QED) is 0.431. The van der Waals surface area contributed by atoms with Gasteiger partial charge in [-0.05, 0) is 19.8 Å². The molecule has 0 radical (unpaired) electrons. The van der Waals surface area contributed by atoms with E-state index in [1.54, 1.807) is 28.4 Å². The van der Waals surface area contributed by atoms with Crippen molar-refractivity contribution in [1.29, 1.82) is 0 Å². The molecule has 1 aromatic rings. The predicted octanol–water partition coefficient (Wildman–Crippen LogP) is 2.06. The Balaban J connectivity index is 2.11. The standard InChI is InChI=1S/C20H31N3O5/c1-6-28-19(24)14-8-7-9-23(13-14)20(21-2)22-12-16-17(26-4)10-15(25-3)11-18(16)27-5/h10-11,14H,6-9,12-13H2,1-5H3,(H,21,22). The molecule has 1 fully saturated rings. The van der Waals surface area contributed by atoms with Gasteiger partial charge in [-0.2, -0.15) is 0 Å². The summed E-state index contributed by atoms with van der Waals surface area (Å²) in [5.41, 5.74) is 0.867. The lowest BCUT2D eigenvalue weighted by Gasteiger charge is -2.34. The van der Waals surface area contributed by atoms with Gasteiger partial charge in [-0.1, -0.05) is 0 Å². The SMILES string of the molecule is CCOC(=O)C1CCCN(C(=NC)NCc2c(OC)cc(OC)cc2OC)C1. The van der Waals surface area contributed by atoms with Gasteiger partial charge in [0.25, 0.3) is 0 Å². The number of nitrogens with zero attached hydrogens (tertiary/aromatic N) is 2. The third-order valence-corrected chi connectivity index (χ3v) is 4.79. The Kier molecular flexibility index (Phi) is 8.22. The number of benzene rings is 1. The average Bonchev–Trinajstić information content (AvgIpc) is 2.74. The summed E-state index contributed by atoms with van der Waals surface area (Å²) in [4.78, 5) is 18.6. The molecular formula is C20H31N3O5. The Morgan fingerprint density at radius 3 is 2.43 bits per heavy atom. The zero-order chi connectivity index (χ0) is 20.5. The number of carbonyl (C=O) groups excluding carboxylic acids is 1. The molecule has 1 heterocycles. The van der Waals surface area contributed by atoms with Crippen LogP contribution in [-0.2, 0) is 16.1 Å². The van der Waals surface area contributed by atoms with Gasteiger partial charge in [0.15, 0.2) is 5.96 Å². The number of rotatable bonds is 7. The normalized spacial score (nSPS) is 17.1. The lowest BCUT2D eigenvalue weighted by Crippen LogP contribution is -2.48. The third-order valence-electron chi connectivity index (χ3n) is 4.79. The number of nitrogens with one attached hydrogen (secondary N) is 1. The lowest BCUT2D eigenvalue weighted by molar-refractivity contribution is -0.149. The van der Waals surface area contributed by atoms with E-state index in [1.165, 1.54) is 0 Å². The Morgan fingerprint density at radius 1 is 1.21 bits per heavy atom. The van der Waals surface area contributed by atoms with E-state index in [2.05, 4.69) is 15.2 Å². The molecule has 1 aliphatic rings. The minimum absolute atomic E-state index is 0.127. The highest BCUT2D eigenvalue weighted by atomic mass is 16.5. The fourth-order valence-corrected chi connectivity index (χ4v) is 3.37. The van der Waals surface area contributed by atoms with E-state index in [1.807, 2.05) is 19.1 Å². The minimum atomic E-state index is -0.138. The van der Waals surface area contributed by atoms with Crippen LogP contribution in [-0.4, -0.2) is 64.9 Å². The number of hydrogen-bond acceptors (Lipinski definition) is 6. The Morgan fingerprint density at radius 2 is 1.89 bits per heavy atom. The summed E-state index contributed by atoms with van der Waals surface area (Å²) in [6.45, 7) is 4.12. The molecule has 156 valence electrons. The molecule has 28 heavy (non-hydrogen) atoms. The van der Waals surface area contributed by atoms with Gasteiger partial charge in [-0.3, -0.25) is 9.79 Å². The summed E-state index contributed by atoms with van der Waals surface area (Å²) in [5.74, 6) is 2.46. The van der Waals surface area contributed by atoms with Crippen LogP contribution in [0.15, 0.2) is 17.1 Å². The summed E-state index contributed by atoms with van der Waals surface area (Å²) in [5, 5.41) is 3.36. The van der Waals surface area contributed by atoms with E-state index < -0.39 is 0 Å². The highest BCUT2D eigenvalue weighted by Crippen LogP contribution is 2.34. The molecule has 8 nitrogen and oxygen atoms in total. The highest BCUT2D eigenvalue weighted by molar-refractivity contribution is 5.81. The molecule has 1 aromatic carbocycles. The van der Waals surface area contributed by atoms with E-state index >= 15 is 0 Å². The summed E-state index contributed by atoms with van der Waals surface area (Å²) >= 11 is 0. The molecule has 0 bridgehead atoms. The molecule has 0 aromatic heterocycles. The fraction of sp³-hybridized carbons (Fsp3) is 0.600. The van der Waals surface area contributed by atoms with Gasteiger partial charge in [0, 0.05) is 32.3 Å². The van der Waals surface area contributed by atoms with E-state index in [0.717, 1.165) is 30.9 Å². The van der Waals surface area contributed by atoms with Crippen LogP contribution in [0.2, 0.25) is 0 Å². The monoisotopic (exact) mass is 393 g/mol. The van der Waals surface area contributed by atoms with Crippen molar-refractivity contribution in [3.05, 3.63) is 17.7 Å². The second-order valence-electron chi connectivity index (χ2n) is 6.45. The van der Waals surface area contributed by atoms with E-state index in [0.29, 0.717) is 36.9 Å². The zero-order valence-electron chi connectivity index (χ0n) is 17.4. The van der Waals surface area contributed by atoms with Gasteiger partial charge in [0.2, 0.25) is 0 Å². The topological polar surface area (TPSA) is 81.6 Å². The maximum absolute atomic E-state index is 12.1. The van der Waals surface area contributed by atoms with Crippen LogP contribution in [0.25, 0.3) is 0 Å². The largest absolute Gasteiger partial charge is 0.496 e. The fourth-order valence-electron chi connectivity index (χ4n) is 3.37. The number of likely N-dealkylation sites (tertiary alicyclic amines) is 1. The van der Waals surface area contributed by atoms with Crippen molar-refractivity contribution >= 4 is 11.9 Å². The Hall–Kier alpha value is -2.64. The maximum Gasteiger partial charge on any atom is 0.310 e. The van der Waals surface area contributed by atoms with Crippen LogP contribution >= 0.6 is 0 Å². The number of carbonyl (C=O) groups is 1. The number of ether oxygens (including phenoxy) is 4. The molecule has 0 spiro atoms. The Bertz CT molecular complexity index is 667. The van der Waals surface area contributed by atoms with Crippen LogP contribution in [0, 0.1) is 5.92 Å². The van der Waals surface area contributed by atoms with E-state index in [4.69, 9.17) is 18.9 Å². The van der Waals surface area contributed by atoms with Crippen LogP contribution in [0.4, 0.5) is 0 Å². The van der Waals surface area contributed by atoms with Crippen molar-refractivity contribution in [1.82, 2.24) is 10.2 Å². The van der Waals surface area contributed by atoms with Gasteiger partial charge in [0.1, 0.15) is 17.2 Å². The number of methoxy groups -OCH3 is 3. The molecule has 0 aliphatic carbocycles. The van der Waals surface area contributed by atoms with Gasteiger partial charge in [0.05, 0.1) is 46.0 Å². The Labute approximate surface area is 166 Å². The summed E-state index contributed by atoms with van der Waals surface area (Å²) in [6.07, 6.45) is 1.76. The van der Waals surface area contributed by atoms with Crippen molar-refractivity contribution in [3.63, 3.8) is 0 Å². The van der Waals surface area contributed by atoms with Crippen LogP contribution in [0.1, 0.15) is 25.3 Å². The molecule has 1 atom stereocenters.